The second-order valence-electron chi connectivity index (χ2n) is 5.43. The van der Waals surface area contributed by atoms with Crippen LogP contribution in [-0.2, 0) is 0 Å². The van der Waals surface area contributed by atoms with Crippen molar-refractivity contribution < 1.29 is 9.18 Å². The van der Waals surface area contributed by atoms with Gasteiger partial charge in [0.2, 0.25) is 0 Å². The third-order valence-electron chi connectivity index (χ3n) is 3.81. The second kappa shape index (κ2) is 4.74. The zero-order valence-corrected chi connectivity index (χ0v) is 11.4. The summed E-state index contributed by atoms with van der Waals surface area (Å²) in [6, 6.07) is 3.33. The molecule has 0 aromatic carbocycles. The lowest BCUT2D eigenvalue weighted by atomic mass is 9.88. The third kappa shape index (κ3) is 1.99. The molecule has 4 nitrogen and oxygen atoms in total. The molecule has 1 atom stereocenters. The molecule has 0 saturated carbocycles. The van der Waals surface area contributed by atoms with E-state index in [0.717, 1.165) is 5.69 Å². The first-order valence-corrected chi connectivity index (χ1v) is 6.69. The Morgan fingerprint density at radius 3 is 2.90 bits per heavy atom. The number of hydrogen-bond donors (Lipinski definition) is 2. The number of aromatic amines is 1. The number of rotatable bonds is 2. The number of amides is 1. The van der Waals surface area contributed by atoms with Crippen molar-refractivity contribution in [3.05, 3.63) is 41.6 Å². The van der Waals surface area contributed by atoms with Gasteiger partial charge < -0.3 is 10.3 Å². The lowest BCUT2D eigenvalue weighted by Crippen LogP contribution is -2.36. The number of carbonyl (C=O) groups excluding carboxylic acids is 1. The van der Waals surface area contributed by atoms with Crippen molar-refractivity contribution in [1.82, 2.24) is 15.3 Å². The fourth-order valence-corrected chi connectivity index (χ4v) is 2.66. The quantitative estimate of drug-likeness (QED) is 0.884. The van der Waals surface area contributed by atoms with Gasteiger partial charge in [-0.2, -0.15) is 0 Å². The number of aromatic nitrogens is 2. The molecule has 3 heterocycles. The first-order valence-electron chi connectivity index (χ1n) is 6.69. The number of nitrogens with zero attached hydrogens (tertiary/aromatic N) is 1. The van der Waals surface area contributed by atoms with Gasteiger partial charge in [-0.15, -0.1) is 0 Å². The van der Waals surface area contributed by atoms with E-state index in [0.29, 0.717) is 29.3 Å². The molecule has 2 aromatic rings. The van der Waals surface area contributed by atoms with Gasteiger partial charge >= 0.3 is 0 Å². The van der Waals surface area contributed by atoms with E-state index in [1.807, 2.05) is 0 Å². The van der Waals surface area contributed by atoms with Gasteiger partial charge in [-0.05, 0) is 18.1 Å². The summed E-state index contributed by atoms with van der Waals surface area (Å²) >= 11 is 0. The summed E-state index contributed by atoms with van der Waals surface area (Å²) in [5, 5.41) is 2.88. The zero-order chi connectivity index (χ0) is 14.3. The minimum atomic E-state index is -0.396. The Morgan fingerprint density at radius 2 is 2.20 bits per heavy atom. The van der Waals surface area contributed by atoms with E-state index in [1.54, 1.807) is 12.1 Å². The van der Waals surface area contributed by atoms with Gasteiger partial charge in [0.1, 0.15) is 0 Å². The maximum atomic E-state index is 13.8. The van der Waals surface area contributed by atoms with E-state index in [9.17, 15) is 9.18 Å². The van der Waals surface area contributed by atoms with E-state index in [4.69, 9.17) is 0 Å². The van der Waals surface area contributed by atoms with Crippen molar-refractivity contribution in [2.24, 2.45) is 5.92 Å². The van der Waals surface area contributed by atoms with Crippen LogP contribution in [0.25, 0.3) is 11.3 Å². The van der Waals surface area contributed by atoms with E-state index in [1.165, 1.54) is 12.4 Å². The lowest BCUT2D eigenvalue weighted by molar-refractivity contribution is 0.0936. The monoisotopic (exact) mass is 273 g/mol. The SMILES string of the molecule is CC(C)C1CNC(=O)c2cc(-c3ccncc3F)[nH]c21. The summed E-state index contributed by atoms with van der Waals surface area (Å²) < 4.78 is 13.8. The number of hydrogen-bond acceptors (Lipinski definition) is 2. The van der Waals surface area contributed by atoms with Crippen LogP contribution in [0.1, 0.15) is 35.8 Å². The van der Waals surface area contributed by atoms with Crippen molar-refractivity contribution in [1.29, 1.82) is 0 Å². The summed E-state index contributed by atoms with van der Waals surface area (Å²) in [6.07, 6.45) is 2.72. The first kappa shape index (κ1) is 12.8. The molecule has 2 aromatic heterocycles. The summed E-state index contributed by atoms with van der Waals surface area (Å²) in [4.78, 5) is 18.9. The fraction of sp³-hybridized carbons (Fsp3) is 0.333. The minimum absolute atomic E-state index is 0.103. The Labute approximate surface area is 116 Å². The Kier molecular flexibility index (Phi) is 3.04. The van der Waals surface area contributed by atoms with E-state index in [-0.39, 0.29) is 11.8 Å². The largest absolute Gasteiger partial charge is 0.357 e. The molecule has 0 aliphatic carbocycles. The molecule has 1 aliphatic rings. The minimum Gasteiger partial charge on any atom is -0.357 e. The first-order chi connectivity index (χ1) is 9.58. The molecule has 0 radical (unpaired) electrons. The molecule has 5 heteroatoms. The Bertz CT molecular complexity index is 663. The molecule has 3 rings (SSSR count). The molecule has 1 unspecified atom stereocenters. The standard InChI is InChI=1S/C15H16FN3O/c1-8(2)11-6-18-15(20)10-5-13(19-14(10)11)9-3-4-17-7-12(9)16/h3-5,7-8,11,19H,6H2,1-2H3,(H,18,20). The van der Waals surface area contributed by atoms with Crippen LogP contribution in [0.5, 0.6) is 0 Å². The molecule has 0 bridgehead atoms. The summed E-state index contributed by atoms with van der Waals surface area (Å²) in [5.41, 5.74) is 2.57. The van der Waals surface area contributed by atoms with Crippen LogP contribution in [0.15, 0.2) is 24.5 Å². The van der Waals surface area contributed by atoms with Crippen LogP contribution >= 0.6 is 0 Å². The topological polar surface area (TPSA) is 57.8 Å². The van der Waals surface area contributed by atoms with E-state index in [2.05, 4.69) is 29.1 Å². The van der Waals surface area contributed by atoms with Crippen LogP contribution in [0.4, 0.5) is 4.39 Å². The van der Waals surface area contributed by atoms with Crippen LogP contribution in [0.3, 0.4) is 0 Å². The number of fused-ring (bicyclic) bond motifs is 1. The molecule has 2 N–H and O–H groups in total. The van der Waals surface area contributed by atoms with E-state index >= 15 is 0 Å². The van der Waals surface area contributed by atoms with Crippen molar-refractivity contribution in [2.75, 3.05) is 6.54 Å². The van der Waals surface area contributed by atoms with Crippen molar-refractivity contribution in [3.8, 4) is 11.3 Å². The maximum absolute atomic E-state index is 13.8. The van der Waals surface area contributed by atoms with Gasteiger partial charge in [0.15, 0.2) is 5.82 Å². The fourth-order valence-electron chi connectivity index (χ4n) is 2.66. The van der Waals surface area contributed by atoms with Crippen LogP contribution in [0.2, 0.25) is 0 Å². The highest BCUT2D eigenvalue weighted by Crippen LogP contribution is 2.33. The highest BCUT2D eigenvalue weighted by atomic mass is 19.1. The van der Waals surface area contributed by atoms with Gasteiger partial charge in [0, 0.05) is 35.6 Å². The van der Waals surface area contributed by atoms with Gasteiger partial charge in [-0.25, -0.2) is 4.39 Å². The third-order valence-corrected chi connectivity index (χ3v) is 3.81. The average Bonchev–Trinajstić information content (AvgIpc) is 2.84. The smallest absolute Gasteiger partial charge is 0.253 e. The molecule has 0 spiro atoms. The highest BCUT2D eigenvalue weighted by Gasteiger charge is 2.30. The molecule has 0 fully saturated rings. The van der Waals surface area contributed by atoms with Crippen molar-refractivity contribution in [2.45, 2.75) is 19.8 Å². The Morgan fingerprint density at radius 1 is 1.40 bits per heavy atom. The van der Waals surface area contributed by atoms with Crippen LogP contribution in [0, 0.1) is 11.7 Å². The van der Waals surface area contributed by atoms with E-state index < -0.39 is 5.82 Å². The predicted octanol–water partition coefficient (Wildman–Crippen LogP) is 2.70. The van der Waals surface area contributed by atoms with Gasteiger partial charge in [0.25, 0.3) is 5.91 Å². The number of nitrogens with one attached hydrogen (secondary N) is 2. The summed E-state index contributed by atoms with van der Waals surface area (Å²) in [7, 11) is 0. The molecular weight excluding hydrogens is 257 g/mol. The van der Waals surface area contributed by atoms with Crippen molar-refractivity contribution >= 4 is 5.91 Å². The number of carbonyl (C=O) groups is 1. The molecule has 104 valence electrons. The predicted molar refractivity (Wildman–Crippen MR) is 73.9 cm³/mol. The van der Waals surface area contributed by atoms with Crippen LogP contribution < -0.4 is 5.32 Å². The Hall–Kier alpha value is -2.17. The number of pyridine rings is 1. The normalized spacial score (nSPS) is 18.0. The van der Waals surface area contributed by atoms with Gasteiger partial charge in [-0.3, -0.25) is 9.78 Å². The average molecular weight is 273 g/mol. The Balaban J connectivity index is 2.11. The molecule has 20 heavy (non-hydrogen) atoms. The summed E-state index contributed by atoms with van der Waals surface area (Å²) in [5.74, 6) is 0.117. The molecule has 1 aliphatic heterocycles. The molecule has 1 amide bonds. The highest BCUT2D eigenvalue weighted by molar-refractivity contribution is 5.98. The van der Waals surface area contributed by atoms with Crippen LogP contribution in [-0.4, -0.2) is 22.4 Å². The van der Waals surface area contributed by atoms with Gasteiger partial charge in [0.05, 0.1) is 11.8 Å². The number of H-pyrrole nitrogens is 1. The van der Waals surface area contributed by atoms with Crippen molar-refractivity contribution in [3.63, 3.8) is 0 Å². The lowest BCUT2D eigenvalue weighted by Gasteiger charge is -2.25. The molecule has 0 saturated heterocycles. The zero-order valence-electron chi connectivity index (χ0n) is 11.4. The summed E-state index contributed by atoms with van der Waals surface area (Å²) in [6.45, 7) is 4.83. The number of halogens is 1. The molecular formula is C15H16FN3O. The van der Waals surface area contributed by atoms with Gasteiger partial charge in [-0.1, -0.05) is 13.8 Å². The maximum Gasteiger partial charge on any atom is 0.253 e. The second-order valence-corrected chi connectivity index (χ2v) is 5.43.